The molecule has 0 aromatic heterocycles. The molecule has 0 amide bonds. The fourth-order valence-corrected chi connectivity index (χ4v) is 1.74. The Morgan fingerprint density at radius 1 is 1.29 bits per heavy atom. The van der Waals surface area contributed by atoms with Crippen molar-refractivity contribution in [3.05, 3.63) is 28.7 Å². The molecule has 1 heterocycles. The highest BCUT2D eigenvalue weighted by molar-refractivity contribution is 9.10. The summed E-state index contributed by atoms with van der Waals surface area (Å²) in [5, 5.41) is 3.35. The zero-order valence-electron chi connectivity index (χ0n) is 7.74. The lowest BCUT2D eigenvalue weighted by Crippen LogP contribution is -2.38. The number of benzene rings is 1. The maximum atomic E-state index is 5.86. The standard InChI is InChI=1S/C10H13BrN2O/c11-7-1-3-8(4-2-7)13-10-6-14-5-9(10)12/h1-4,9-10,13H,5-6,12H2/t9-,10+/m0/s1. The van der Waals surface area contributed by atoms with Gasteiger partial charge in [0, 0.05) is 10.2 Å². The topological polar surface area (TPSA) is 47.3 Å². The quantitative estimate of drug-likeness (QED) is 0.845. The van der Waals surface area contributed by atoms with Crippen LogP contribution in [0.15, 0.2) is 28.7 Å². The smallest absolute Gasteiger partial charge is 0.0684 e. The molecule has 76 valence electrons. The molecule has 0 bridgehead atoms. The zero-order chi connectivity index (χ0) is 9.97. The number of nitrogens with one attached hydrogen (secondary N) is 1. The molecule has 0 radical (unpaired) electrons. The van der Waals surface area contributed by atoms with Crippen molar-refractivity contribution in [1.82, 2.24) is 0 Å². The van der Waals surface area contributed by atoms with Crippen LogP contribution in [0, 0.1) is 0 Å². The van der Waals surface area contributed by atoms with E-state index >= 15 is 0 Å². The van der Waals surface area contributed by atoms with Gasteiger partial charge >= 0.3 is 0 Å². The maximum Gasteiger partial charge on any atom is 0.0684 e. The van der Waals surface area contributed by atoms with Crippen LogP contribution in [-0.4, -0.2) is 25.3 Å². The molecule has 3 N–H and O–H groups in total. The lowest BCUT2D eigenvalue weighted by atomic mass is 10.2. The normalized spacial score (nSPS) is 26.4. The van der Waals surface area contributed by atoms with Gasteiger partial charge in [0.05, 0.1) is 25.3 Å². The Kier molecular flexibility index (Phi) is 3.05. The minimum absolute atomic E-state index is 0.0960. The Morgan fingerprint density at radius 3 is 2.57 bits per heavy atom. The van der Waals surface area contributed by atoms with Crippen molar-refractivity contribution in [3.63, 3.8) is 0 Å². The second kappa shape index (κ2) is 4.29. The van der Waals surface area contributed by atoms with Crippen LogP contribution in [0.4, 0.5) is 5.69 Å². The Bertz CT molecular complexity index is 301. The Balaban J connectivity index is 2.00. The van der Waals surface area contributed by atoms with Crippen molar-refractivity contribution in [2.45, 2.75) is 12.1 Å². The van der Waals surface area contributed by atoms with E-state index in [1.165, 1.54) is 0 Å². The van der Waals surface area contributed by atoms with Gasteiger partial charge in [-0.25, -0.2) is 0 Å². The van der Waals surface area contributed by atoms with Crippen LogP contribution < -0.4 is 11.1 Å². The summed E-state index contributed by atoms with van der Waals surface area (Å²) in [7, 11) is 0. The molecule has 14 heavy (non-hydrogen) atoms. The first-order valence-corrected chi connectivity index (χ1v) is 5.40. The van der Waals surface area contributed by atoms with Gasteiger partial charge in [-0.15, -0.1) is 0 Å². The van der Waals surface area contributed by atoms with E-state index in [0.29, 0.717) is 13.2 Å². The first kappa shape index (κ1) is 9.96. The molecule has 0 spiro atoms. The number of hydrogen-bond donors (Lipinski definition) is 2. The summed E-state index contributed by atoms with van der Waals surface area (Å²) < 4.78 is 6.35. The molecule has 1 aromatic carbocycles. The fourth-order valence-electron chi connectivity index (χ4n) is 1.48. The average molecular weight is 257 g/mol. The predicted octanol–water partition coefficient (Wildman–Crippen LogP) is 1.59. The number of ether oxygens (including phenoxy) is 1. The molecule has 1 fully saturated rings. The van der Waals surface area contributed by atoms with E-state index in [1.54, 1.807) is 0 Å². The lowest BCUT2D eigenvalue weighted by Gasteiger charge is -2.16. The van der Waals surface area contributed by atoms with Crippen LogP contribution in [0.1, 0.15) is 0 Å². The summed E-state index contributed by atoms with van der Waals surface area (Å²) >= 11 is 3.39. The highest BCUT2D eigenvalue weighted by Crippen LogP contribution is 2.16. The highest BCUT2D eigenvalue weighted by Gasteiger charge is 2.24. The number of nitrogens with two attached hydrogens (primary N) is 1. The molecule has 4 heteroatoms. The summed E-state index contributed by atoms with van der Waals surface area (Å²) in [5.41, 5.74) is 6.94. The van der Waals surface area contributed by atoms with E-state index in [2.05, 4.69) is 21.2 Å². The van der Waals surface area contributed by atoms with Crippen molar-refractivity contribution in [3.8, 4) is 0 Å². The molecule has 1 aromatic rings. The van der Waals surface area contributed by atoms with Gasteiger partial charge in [-0.05, 0) is 24.3 Å². The second-order valence-electron chi connectivity index (χ2n) is 3.46. The van der Waals surface area contributed by atoms with Gasteiger partial charge in [-0.3, -0.25) is 0 Å². The molecular weight excluding hydrogens is 244 g/mol. The van der Waals surface area contributed by atoms with Crippen molar-refractivity contribution in [2.75, 3.05) is 18.5 Å². The Hall–Kier alpha value is -0.580. The van der Waals surface area contributed by atoms with Gasteiger partial charge in [-0.1, -0.05) is 15.9 Å². The summed E-state index contributed by atoms with van der Waals surface area (Å²) in [6, 6.07) is 8.38. The van der Waals surface area contributed by atoms with Gasteiger partial charge in [-0.2, -0.15) is 0 Å². The second-order valence-corrected chi connectivity index (χ2v) is 4.37. The summed E-state index contributed by atoms with van der Waals surface area (Å²) in [4.78, 5) is 0. The average Bonchev–Trinajstić information content (AvgIpc) is 2.56. The monoisotopic (exact) mass is 256 g/mol. The zero-order valence-corrected chi connectivity index (χ0v) is 9.33. The number of halogens is 1. The summed E-state index contributed by atoms with van der Waals surface area (Å²) in [6.07, 6.45) is 0. The van der Waals surface area contributed by atoms with E-state index in [1.807, 2.05) is 24.3 Å². The number of rotatable bonds is 2. The van der Waals surface area contributed by atoms with E-state index in [4.69, 9.17) is 10.5 Å². The van der Waals surface area contributed by atoms with Gasteiger partial charge in [0.25, 0.3) is 0 Å². The van der Waals surface area contributed by atoms with Gasteiger partial charge in [0.15, 0.2) is 0 Å². The van der Waals surface area contributed by atoms with Crippen LogP contribution in [0.25, 0.3) is 0 Å². The summed E-state index contributed by atoms with van der Waals surface area (Å²) in [5.74, 6) is 0. The molecule has 1 saturated heterocycles. The number of hydrogen-bond acceptors (Lipinski definition) is 3. The third-order valence-electron chi connectivity index (χ3n) is 2.32. The van der Waals surface area contributed by atoms with Crippen molar-refractivity contribution >= 4 is 21.6 Å². The van der Waals surface area contributed by atoms with Crippen molar-refractivity contribution < 1.29 is 4.74 Å². The third-order valence-corrected chi connectivity index (χ3v) is 2.85. The summed E-state index contributed by atoms with van der Waals surface area (Å²) in [6.45, 7) is 1.34. The Labute approximate surface area is 91.8 Å². The van der Waals surface area contributed by atoms with E-state index in [9.17, 15) is 0 Å². The lowest BCUT2D eigenvalue weighted by molar-refractivity contribution is 0.192. The molecule has 1 aliphatic rings. The van der Waals surface area contributed by atoms with E-state index < -0.39 is 0 Å². The van der Waals surface area contributed by atoms with Crippen LogP contribution >= 0.6 is 15.9 Å². The Morgan fingerprint density at radius 2 is 2.00 bits per heavy atom. The molecule has 0 aliphatic carbocycles. The third kappa shape index (κ3) is 2.26. The van der Waals surface area contributed by atoms with Gasteiger partial charge in [0.1, 0.15) is 0 Å². The van der Waals surface area contributed by atoms with Crippen LogP contribution in [0.2, 0.25) is 0 Å². The highest BCUT2D eigenvalue weighted by atomic mass is 79.9. The maximum absolute atomic E-state index is 5.86. The number of anilines is 1. The predicted molar refractivity (Wildman–Crippen MR) is 60.3 cm³/mol. The molecule has 1 aliphatic heterocycles. The van der Waals surface area contributed by atoms with Crippen molar-refractivity contribution in [2.24, 2.45) is 5.73 Å². The van der Waals surface area contributed by atoms with Gasteiger partial charge in [0.2, 0.25) is 0 Å². The molecular formula is C10H13BrN2O. The molecule has 2 rings (SSSR count). The minimum Gasteiger partial charge on any atom is -0.378 e. The molecule has 0 saturated carbocycles. The largest absolute Gasteiger partial charge is 0.378 e. The first-order chi connectivity index (χ1) is 6.75. The fraction of sp³-hybridized carbons (Fsp3) is 0.400. The van der Waals surface area contributed by atoms with Crippen LogP contribution in [0.3, 0.4) is 0 Å². The van der Waals surface area contributed by atoms with Crippen molar-refractivity contribution in [1.29, 1.82) is 0 Å². The van der Waals surface area contributed by atoms with Gasteiger partial charge < -0.3 is 15.8 Å². The minimum atomic E-state index is 0.0960. The molecule has 3 nitrogen and oxygen atoms in total. The van der Waals surface area contributed by atoms with Crippen LogP contribution in [-0.2, 0) is 4.74 Å². The molecule has 2 atom stereocenters. The first-order valence-electron chi connectivity index (χ1n) is 4.61. The van der Waals surface area contributed by atoms with Crippen LogP contribution in [0.5, 0.6) is 0 Å². The van der Waals surface area contributed by atoms with E-state index in [-0.39, 0.29) is 12.1 Å². The van der Waals surface area contributed by atoms with E-state index in [0.717, 1.165) is 10.2 Å². The SMILES string of the molecule is N[C@H]1COC[C@H]1Nc1ccc(Br)cc1. The molecule has 0 unspecified atom stereocenters.